The third kappa shape index (κ3) is 5.72. The summed E-state index contributed by atoms with van der Waals surface area (Å²) in [6.07, 6.45) is 14.4. The summed E-state index contributed by atoms with van der Waals surface area (Å²) in [5.41, 5.74) is -0.120. The first-order chi connectivity index (χ1) is 24.8. The number of anilines is 1. The first kappa shape index (κ1) is 32.4. The number of phenolic OH excluding ortho intramolecular Hbond substituents is 1. The van der Waals surface area contributed by atoms with Crippen LogP contribution in [0, 0.1) is 36.0 Å². The minimum atomic E-state index is -0.778. The molecule has 4 saturated heterocycles. The fourth-order valence-corrected chi connectivity index (χ4v) is 9.07. The number of halogens is 2. The molecule has 2 N–H and O–H groups in total. The van der Waals surface area contributed by atoms with Gasteiger partial charge in [-0.2, -0.15) is 9.97 Å². The highest BCUT2D eigenvalue weighted by molar-refractivity contribution is 6.07. The highest BCUT2D eigenvalue weighted by Gasteiger charge is 2.49. The van der Waals surface area contributed by atoms with Crippen LogP contribution in [0.25, 0.3) is 37.6 Å². The van der Waals surface area contributed by atoms with Crippen LogP contribution in [0.15, 0.2) is 30.3 Å². The van der Waals surface area contributed by atoms with E-state index in [4.69, 9.17) is 27.5 Å². The van der Waals surface area contributed by atoms with E-state index >= 15 is 8.78 Å². The molecule has 2 bridgehead atoms. The van der Waals surface area contributed by atoms with Gasteiger partial charge in [0.25, 0.3) is 0 Å². The maximum atomic E-state index is 17.3. The standard InChI is InChI=1S/C40H40F2N6O3/c1-3-28-31(41)9-6-24-16-27(49)17-29(33(24)28)34-32(43-2)18-30-36(35(34)42)45-38(46-37(30)48-19-25-7-8-26(20-48)44-25)50-23-39(11-12-39)21-47-14-13-40(22-47)10-4-5-15-51-40/h1,6,9,16-18,25-26,44,49H,4-5,7-8,10-15,19-23H2. The summed E-state index contributed by atoms with van der Waals surface area (Å²) in [5.74, 6) is 1.32. The molecule has 1 aliphatic carbocycles. The van der Waals surface area contributed by atoms with E-state index < -0.39 is 11.6 Å². The third-order valence-electron chi connectivity index (χ3n) is 11.8. The number of likely N-dealkylation sites (tertiary alicyclic amines) is 1. The Hall–Kier alpha value is -4.55. The summed E-state index contributed by atoms with van der Waals surface area (Å²) in [5, 5.41) is 15.4. The van der Waals surface area contributed by atoms with Crippen LogP contribution < -0.4 is 15.0 Å². The SMILES string of the molecule is [C-]#[N+]c1cc2c(N3CC4CCC(C3)N4)nc(OCC3(CN4CCC5(CCCCO5)C4)CC3)nc2c(F)c1-c1cc(O)cc2ccc(F)c(C#C)c12. The molecule has 1 spiro atoms. The molecule has 0 amide bonds. The second-order valence-electron chi connectivity index (χ2n) is 15.4. The fraction of sp³-hybridized carbons (Fsp3) is 0.475. The number of phenols is 1. The topological polar surface area (TPSA) is 87.3 Å². The second kappa shape index (κ2) is 12.3. The number of fused-ring (bicyclic) bond motifs is 4. The normalized spacial score (nSPS) is 25.4. The van der Waals surface area contributed by atoms with Crippen molar-refractivity contribution < 1.29 is 23.4 Å². The zero-order valence-corrected chi connectivity index (χ0v) is 28.5. The number of hydrogen-bond donors (Lipinski definition) is 2. The largest absolute Gasteiger partial charge is 0.508 e. The first-order valence-electron chi connectivity index (χ1n) is 18.1. The summed E-state index contributed by atoms with van der Waals surface area (Å²) in [4.78, 5) is 18.0. The number of aromatic nitrogens is 2. The molecule has 0 radical (unpaired) electrons. The van der Waals surface area contributed by atoms with Gasteiger partial charge in [-0.3, -0.25) is 4.90 Å². The lowest BCUT2D eigenvalue weighted by atomic mass is 9.92. The summed E-state index contributed by atoms with van der Waals surface area (Å²) in [6, 6.07) is 7.72. The summed E-state index contributed by atoms with van der Waals surface area (Å²) < 4.78 is 45.0. The van der Waals surface area contributed by atoms with Crippen LogP contribution in [0.4, 0.5) is 20.3 Å². The monoisotopic (exact) mass is 690 g/mol. The molecular formula is C40H40F2N6O3. The fourth-order valence-electron chi connectivity index (χ4n) is 9.07. The molecule has 9 rings (SSSR count). The molecule has 262 valence electrons. The molecule has 51 heavy (non-hydrogen) atoms. The van der Waals surface area contributed by atoms with Crippen LogP contribution in [0.5, 0.6) is 11.8 Å². The predicted octanol–water partition coefficient (Wildman–Crippen LogP) is 6.71. The molecule has 3 unspecified atom stereocenters. The second-order valence-corrected chi connectivity index (χ2v) is 15.4. The average Bonchev–Trinajstić information content (AvgIpc) is 3.68. The van der Waals surface area contributed by atoms with E-state index in [0.717, 1.165) is 71.2 Å². The van der Waals surface area contributed by atoms with Crippen molar-refractivity contribution in [1.29, 1.82) is 0 Å². The third-order valence-corrected chi connectivity index (χ3v) is 11.8. The molecule has 4 aromatic rings. The lowest BCUT2D eigenvalue weighted by molar-refractivity contribution is -0.0704. The van der Waals surface area contributed by atoms with E-state index in [9.17, 15) is 5.11 Å². The van der Waals surface area contributed by atoms with Crippen molar-refractivity contribution in [1.82, 2.24) is 20.2 Å². The molecule has 5 fully saturated rings. The number of ether oxygens (including phenoxy) is 2. The molecule has 3 atom stereocenters. The van der Waals surface area contributed by atoms with Gasteiger partial charge >= 0.3 is 6.01 Å². The Balaban J connectivity index is 1.12. The summed E-state index contributed by atoms with van der Waals surface area (Å²) in [7, 11) is 0. The highest BCUT2D eigenvalue weighted by atomic mass is 19.1. The maximum absolute atomic E-state index is 17.3. The quantitative estimate of drug-likeness (QED) is 0.164. The van der Waals surface area contributed by atoms with E-state index in [0.29, 0.717) is 36.3 Å². The van der Waals surface area contributed by atoms with Crippen LogP contribution in [-0.4, -0.2) is 83.6 Å². The van der Waals surface area contributed by atoms with Gasteiger partial charge in [0.05, 0.1) is 24.3 Å². The zero-order valence-electron chi connectivity index (χ0n) is 28.5. The van der Waals surface area contributed by atoms with Gasteiger partial charge < -0.3 is 24.8 Å². The number of hydrogen-bond acceptors (Lipinski definition) is 8. The van der Waals surface area contributed by atoms with E-state index in [-0.39, 0.29) is 68.1 Å². The van der Waals surface area contributed by atoms with Crippen molar-refractivity contribution in [3.63, 3.8) is 0 Å². The molecule has 5 aliphatic rings. The van der Waals surface area contributed by atoms with Crippen molar-refractivity contribution >= 4 is 33.2 Å². The number of rotatable bonds is 7. The zero-order chi connectivity index (χ0) is 34.9. The van der Waals surface area contributed by atoms with Crippen molar-refractivity contribution in [3.05, 3.63) is 58.9 Å². The smallest absolute Gasteiger partial charge is 0.319 e. The molecular weight excluding hydrogens is 650 g/mol. The van der Waals surface area contributed by atoms with E-state index in [1.54, 1.807) is 6.07 Å². The van der Waals surface area contributed by atoms with Gasteiger partial charge in [0.1, 0.15) is 28.7 Å². The molecule has 4 aliphatic heterocycles. The number of piperazine rings is 1. The van der Waals surface area contributed by atoms with Crippen molar-refractivity contribution in [2.45, 2.75) is 69.1 Å². The predicted molar refractivity (Wildman–Crippen MR) is 191 cm³/mol. The van der Waals surface area contributed by atoms with Gasteiger partial charge in [-0.05, 0) is 86.6 Å². The average molecular weight is 691 g/mol. The Morgan fingerprint density at radius 3 is 2.65 bits per heavy atom. The lowest BCUT2D eigenvalue weighted by Gasteiger charge is -2.34. The van der Waals surface area contributed by atoms with Gasteiger partial charge in [-0.25, -0.2) is 13.6 Å². The summed E-state index contributed by atoms with van der Waals surface area (Å²) >= 11 is 0. The molecule has 9 nitrogen and oxygen atoms in total. The molecule has 5 heterocycles. The Morgan fingerprint density at radius 2 is 1.92 bits per heavy atom. The van der Waals surface area contributed by atoms with Crippen molar-refractivity contribution in [3.8, 4) is 35.2 Å². The van der Waals surface area contributed by atoms with Gasteiger partial charge in [0.15, 0.2) is 5.69 Å². The molecule has 1 saturated carbocycles. The Labute approximate surface area is 295 Å². The first-order valence-corrected chi connectivity index (χ1v) is 18.1. The molecule has 1 aromatic heterocycles. The number of terminal acetylenes is 1. The number of nitrogens with one attached hydrogen (secondary N) is 1. The van der Waals surface area contributed by atoms with Crippen LogP contribution in [0.1, 0.15) is 56.9 Å². The number of benzene rings is 3. The van der Waals surface area contributed by atoms with Crippen LogP contribution in [-0.2, 0) is 4.74 Å². The van der Waals surface area contributed by atoms with Crippen molar-refractivity contribution in [2.24, 2.45) is 5.41 Å². The molecule has 11 heteroatoms. The van der Waals surface area contributed by atoms with Gasteiger partial charge in [0, 0.05) is 73.2 Å². The number of aromatic hydroxyl groups is 1. The Kier molecular flexibility index (Phi) is 7.80. The number of nitrogens with zero attached hydrogens (tertiary/aromatic N) is 5. The Morgan fingerprint density at radius 1 is 1.10 bits per heavy atom. The van der Waals surface area contributed by atoms with Gasteiger partial charge in [-0.15, -0.1) is 6.42 Å². The Bertz CT molecular complexity index is 2140. The molecule has 3 aromatic carbocycles. The van der Waals surface area contributed by atoms with Crippen LogP contribution >= 0.6 is 0 Å². The minimum Gasteiger partial charge on any atom is -0.508 e. The summed E-state index contributed by atoms with van der Waals surface area (Å²) in [6.45, 7) is 13.6. The maximum Gasteiger partial charge on any atom is 0.319 e. The van der Waals surface area contributed by atoms with E-state index in [1.807, 2.05) is 0 Å². The van der Waals surface area contributed by atoms with Crippen LogP contribution in [0.2, 0.25) is 0 Å². The van der Waals surface area contributed by atoms with Crippen LogP contribution in [0.3, 0.4) is 0 Å². The van der Waals surface area contributed by atoms with Gasteiger partial charge in [-0.1, -0.05) is 12.0 Å². The van der Waals surface area contributed by atoms with Crippen molar-refractivity contribution in [2.75, 3.05) is 50.8 Å². The highest BCUT2D eigenvalue weighted by Crippen LogP contribution is 2.49. The van der Waals surface area contributed by atoms with E-state index in [1.165, 1.54) is 30.7 Å². The van der Waals surface area contributed by atoms with E-state index in [2.05, 4.69) is 30.9 Å². The lowest BCUT2D eigenvalue weighted by Crippen LogP contribution is -2.51. The van der Waals surface area contributed by atoms with Gasteiger partial charge in [0.2, 0.25) is 0 Å². The minimum absolute atomic E-state index is 0.000730.